The van der Waals surface area contributed by atoms with Gasteiger partial charge in [-0.2, -0.15) is 0 Å². The fraction of sp³-hybridized carbons (Fsp3) is 0.375. The quantitative estimate of drug-likeness (QED) is 0.567. The molecule has 0 saturated carbocycles. The van der Waals surface area contributed by atoms with E-state index in [9.17, 15) is 15.2 Å². The minimum absolute atomic E-state index is 0.0987. The van der Waals surface area contributed by atoms with Gasteiger partial charge in [-0.3, -0.25) is 15.1 Å². The van der Waals surface area contributed by atoms with E-state index in [1.165, 1.54) is 19.2 Å². The second kappa shape index (κ2) is 4.64. The van der Waals surface area contributed by atoms with E-state index in [4.69, 9.17) is 4.74 Å². The first-order valence-electron chi connectivity index (χ1n) is 3.92. The van der Waals surface area contributed by atoms with Gasteiger partial charge in [0.15, 0.2) is 0 Å². The number of hydrogen-bond donors (Lipinski definition) is 1. The molecule has 0 fully saturated rings. The van der Waals surface area contributed by atoms with Crippen molar-refractivity contribution in [3.63, 3.8) is 0 Å². The molecular formula is C8H10N2O4. The number of pyridine rings is 1. The predicted molar refractivity (Wildman–Crippen MR) is 47.7 cm³/mol. The molecule has 0 aromatic carbocycles. The lowest BCUT2D eigenvalue weighted by atomic mass is 10.2. The largest absolute Gasteiger partial charge is 0.384 e. The Morgan fingerprint density at radius 2 is 2.43 bits per heavy atom. The highest BCUT2D eigenvalue weighted by Gasteiger charge is 2.11. The van der Waals surface area contributed by atoms with Crippen LogP contribution in [0.5, 0.6) is 0 Å². The van der Waals surface area contributed by atoms with Gasteiger partial charge in [-0.25, -0.2) is 0 Å². The van der Waals surface area contributed by atoms with Gasteiger partial charge in [-0.05, 0) is 6.07 Å². The first-order valence-corrected chi connectivity index (χ1v) is 3.92. The van der Waals surface area contributed by atoms with Crippen molar-refractivity contribution in [2.75, 3.05) is 13.7 Å². The van der Waals surface area contributed by atoms with E-state index in [0.717, 1.165) is 6.20 Å². The normalized spacial score (nSPS) is 12.4. The number of aliphatic hydroxyl groups is 1. The highest BCUT2D eigenvalue weighted by molar-refractivity contribution is 5.27. The van der Waals surface area contributed by atoms with Crippen LogP contribution in [0.15, 0.2) is 18.3 Å². The van der Waals surface area contributed by atoms with Gasteiger partial charge >= 0.3 is 0 Å². The van der Waals surface area contributed by atoms with E-state index in [-0.39, 0.29) is 12.3 Å². The fourth-order valence-electron chi connectivity index (χ4n) is 0.946. The Hall–Kier alpha value is -1.53. The van der Waals surface area contributed by atoms with Crippen LogP contribution in [-0.2, 0) is 4.74 Å². The van der Waals surface area contributed by atoms with Crippen molar-refractivity contribution in [1.82, 2.24) is 4.98 Å². The molecule has 1 aromatic heterocycles. The van der Waals surface area contributed by atoms with E-state index in [0.29, 0.717) is 5.69 Å². The predicted octanol–water partition coefficient (Wildman–Crippen LogP) is 0.670. The van der Waals surface area contributed by atoms with Crippen LogP contribution in [0, 0.1) is 10.1 Å². The maximum atomic E-state index is 10.3. The van der Waals surface area contributed by atoms with E-state index in [2.05, 4.69) is 4.98 Å². The Morgan fingerprint density at radius 3 is 2.86 bits per heavy atom. The molecule has 6 heteroatoms. The van der Waals surface area contributed by atoms with Crippen LogP contribution in [0.1, 0.15) is 11.8 Å². The lowest BCUT2D eigenvalue weighted by Gasteiger charge is -2.07. The van der Waals surface area contributed by atoms with Gasteiger partial charge in [0, 0.05) is 13.2 Å². The highest BCUT2D eigenvalue weighted by Crippen LogP contribution is 2.14. The van der Waals surface area contributed by atoms with Gasteiger partial charge in [0.05, 0.1) is 17.2 Å². The summed E-state index contributed by atoms with van der Waals surface area (Å²) >= 11 is 0. The summed E-state index contributed by atoms with van der Waals surface area (Å²) in [4.78, 5) is 13.5. The summed E-state index contributed by atoms with van der Waals surface area (Å²) in [6.45, 7) is 0.116. The fourth-order valence-corrected chi connectivity index (χ4v) is 0.946. The van der Waals surface area contributed by atoms with Gasteiger partial charge in [0.1, 0.15) is 12.3 Å². The van der Waals surface area contributed by atoms with E-state index in [1.807, 2.05) is 0 Å². The first-order chi connectivity index (χ1) is 6.65. The maximum Gasteiger partial charge on any atom is 0.287 e. The SMILES string of the molecule is COCC(O)c1ccc([N+](=O)[O-])cn1. The molecule has 76 valence electrons. The number of nitrogens with zero attached hydrogens (tertiary/aromatic N) is 2. The molecular weight excluding hydrogens is 188 g/mol. The standard InChI is InChI=1S/C8H10N2O4/c1-14-5-8(11)7-3-2-6(4-9-7)10(12)13/h2-4,8,11H,5H2,1H3. The zero-order chi connectivity index (χ0) is 10.6. The molecule has 1 N–H and O–H groups in total. The van der Waals surface area contributed by atoms with Crippen LogP contribution in [-0.4, -0.2) is 28.7 Å². The van der Waals surface area contributed by atoms with Gasteiger partial charge in [-0.15, -0.1) is 0 Å². The highest BCUT2D eigenvalue weighted by atomic mass is 16.6. The minimum atomic E-state index is -0.846. The molecule has 1 heterocycles. The summed E-state index contributed by atoms with van der Waals surface area (Å²) in [5.41, 5.74) is 0.260. The number of aliphatic hydroxyl groups excluding tert-OH is 1. The zero-order valence-electron chi connectivity index (χ0n) is 7.58. The third-order valence-electron chi connectivity index (χ3n) is 1.65. The molecule has 0 spiro atoms. The van der Waals surface area contributed by atoms with Crippen molar-refractivity contribution >= 4 is 5.69 Å². The molecule has 1 aromatic rings. The minimum Gasteiger partial charge on any atom is -0.384 e. The molecule has 0 aliphatic carbocycles. The molecule has 14 heavy (non-hydrogen) atoms. The molecule has 0 aliphatic heterocycles. The van der Waals surface area contributed by atoms with Crippen LogP contribution in [0.25, 0.3) is 0 Å². The molecule has 0 saturated heterocycles. The van der Waals surface area contributed by atoms with Gasteiger partial charge < -0.3 is 9.84 Å². The number of ether oxygens (including phenoxy) is 1. The number of hydrogen-bond acceptors (Lipinski definition) is 5. The molecule has 1 rings (SSSR count). The van der Waals surface area contributed by atoms with Gasteiger partial charge in [-0.1, -0.05) is 0 Å². The van der Waals surface area contributed by atoms with Crippen LogP contribution < -0.4 is 0 Å². The second-order valence-electron chi connectivity index (χ2n) is 2.67. The second-order valence-corrected chi connectivity index (χ2v) is 2.67. The molecule has 0 radical (unpaired) electrons. The van der Waals surface area contributed by atoms with Crippen LogP contribution >= 0.6 is 0 Å². The Balaban J connectivity index is 2.77. The molecule has 0 amide bonds. The average Bonchev–Trinajstić information content (AvgIpc) is 2.18. The number of nitro groups is 1. The van der Waals surface area contributed by atoms with Crippen LogP contribution in [0.3, 0.4) is 0 Å². The topological polar surface area (TPSA) is 85.5 Å². The molecule has 1 unspecified atom stereocenters. The summed E-state index contributed by atoms with van der Waals surface area (Å²) in [5, 5.41) is 19.7. The zero-order valence-corrected chi connectivity index (χ0v) is 7.58. The van der Waals surface area contributed by atoms with Crippen LogP contribution in [0.2, 0.25) is 0 Å². The lowest BCUT2D eigenvalue weighted by Crippen LogP contribution is -2.07. The average molecular weight is 198 g/mol. The Kier molecular flexibility index (Phi) is 3.49. The Morgan fingerprint density at radius 1 is 1.71 bits per heavy atom. The molecule has 0 aliphatic rings. The third kappa shape index (κ3) is 2.48. The van der Waals surface area contributed by atoms with Crippen molar-refractivity contribution in [3.05, 3.63) is 34.1 Å². The van der Waals surface area contributed by atoms with E-state index >= 15 is 0 Å². The summed E-state index contributed by atoms with van der Waals surface area (Å²) in [6.07, 6.45) is 0.259. The number of aromatic nitrogens is 1. The molecule has 0 bridgehead atoms. The van der Waals surface area contributed by atoms with Gasteiger partial charge in [0.25, 0.3) is 5.69 Å². The summed E-state index contributed by atoms with van der Waals surface area (Å²) in [7, 11) is 1.45. The summed E-state index contributed by atoms with van der Waals surface area (Å²) < 4.78 is 4.71. The van der Waals surface area contributed by atoms with Crippen molar-refractivity contribution in [1.29, 1.82) is 0 Å². The smallest absolute Gasteiger partial charge is 0.287 e. The maximum absolute atomic E-state index is 10.3. The lowest BCUT2D eigenvalue weighted by molar-refractivity contribution is -0.385. The van der Waals surface area contributed by atoms with E-state index in [1.54, 1.807) is 0 Å². The first kappa shape index (κ1) is 10.6. The van der Waals surface area contributed by atoms with Crippen molar-refractivity contribution in [3.8, 4) is 0 Å². The van der Waals surface area contributed by atoms with Crippen LogP contribution in [0.4, 0.5) is 5.69 Å². The Bertz CT molecular complexity index is 312. The monoisotopic (exact) mass is 198 g/mol. The van der Waals surface area contributed by atoms with Crippen molar-refractivity contribution < 1.29 is 14.8 Å². The van der Waals surface area contributed by atoms with Crippen molar-refractivity contribution in [2.45, 2.75) is 6.10 Å². The number of methoxy groups -OCH3 is 1. The Labute approximate surface area is 80.3 Å². The number of rotatable bonds is 4. The third-order valence-corrected chi connectivity index (χ3v) is 1.65. The van der Waals surface area contributed by atoms with Gasteiger partial charge in [0.2, 0.25) is 0 Å². The molecule has 6 nitrogen and oxygen atoms in total. The van der Waals surface area contributed by atoms with E-state index < -0.39 is 11.0 Å². The summed E-state index contributed by atoms with van der Waals surface area (Å²) in [5.74, 6) is 0. The van der Waals surface area contributed by atoms with Crippen molar-refractivity contribution in [2.24, 2.45) is 0 Å². The summed E-state index contributed by atoms with van der Waals surface area (Å²) in [6, 6.07) is 2.70. The molecule has 1 atom stereocenters.